The summed E-state index contributed by atoms with van der Waals surface area (Å²) < 4.78 is 23.8. The van der Waals surface area contributed by atoms with Gasteiger partial charge in [0.25, 0.3) is 0 Å². The van der Waals surface area contributed by atoms with Gasteiger partial charge in [0.2, 0.25) is 5.91 Å². The van der Waals surface area contributed by atoms with Gasteiger partial charge in [-0.2, -0.15) is 0 Å². The zero-order chi connectivity index (χ0) is 12.5. The third kappa shape index (κ3) is 2.16. The first-order valence-electron chi connectivity index (χ1n) is 4.66. The molecule has 1 rings (SSSR count). The van der Waals surface area contributed by atoms with Crippen LogP contribution in [0.4, 0.5) is 5.69 Å². The standard InChI is InChI=1S/C10H14N2O3S/c1-6-5-8(3-4-9(6)11)16(14,15)7(2)10(12)13/h3-5,7H,11H2,1-2H3,(H2,12,13). The maximum absolute atomic E-state index is 11.9. The second-order valence-electron chi connectivity index (χ2n) is 3.61. The summed E-state index contributed by atoms with van der Waals surface area (Å²) in [5.74, 6) is -0.866. The van der Waals surface area contributed by atoms with Crippen LogP contribution in [-0.2, 0) is 14.6 Å². The van der Waals surface area contributed by atoms with Crippen molar-refractivity contribution in [3.63, 3.8) is 0 Å². The molecular weight excluding hydrogens is 228 g/mol. The molecular formula is C10H14N2O3S. The van der Waals surface area contributed by atoms with Gasteiger partial charge in [-0.3, -0.25) is 4.79 Å². The van der Waals surface area contributed by atoms with Gasteiger partial charge in [-0.25, -0.2) is 8.42 Å². The molecule has 0 spiro atoms. The molecule has 0 aliphatic rings. The number of rotatable bonds is 3. The molecule has 0 aliphatic carbocycles. The number of carbonyl (C=O) groups excluding carboxylic acids is 1. The highest BCUT2D eigenvalue weighted by molar-refractivity contribution is 7.92. The molecule has 5 nitrogen and oxygen atoms in total. The summed E-state index contributed by atoms with van der Waals surface area (Å²) in [5, 5.41) is -1.24. The third-order valence-electron chi connectivity index (χ3n) is 2.44. The Balaban J connectivity index is 3.28. The Bertz CT molecular complexity index is 523. The highest BCUT2D eigenvalue weighted by Crippen LogP contribution is 2.20. The van der Waals surface area contributed by atoms with Crippen molar-refractivity contribution in [1.82, 2.24) is 0 Å². The zero-order valence-corrected chi connectivity index (χ0v) is 9.91. The molecule has 1 amide bonds. The van der Waals surface area contributed by atoms with E-state index in [1.807, 2.05) is 0 Å². The van der Waals surface area contributed by atoms with E-state index in [2.05, 4.69) is 0 Å². The number of carbonyl (C=O) groups is 1. The van der Waals surface area contributed by atoms with Gasteiger partial charge in [-0.15, -0.1) is 0 Å². The first kappa shape index (κ1) is 12.5. The van der Waals surface area contributed by atoms with Gasteiger partial charge in [-0.1, -0.05) is 0 Å². The molecule has 88 valence electrons. The number of nitrogen functional groups attached to an aromatic ring is 1. The van der Waals surface area contributed by atoms with Gasteiger partial charge >= 0.3 is 0 Å². The van der Waals surface area contributed by atoms with Gasteiger partial charge in [-0.05, 0) is 37.6 Å². The van der Waals surface area contributed by atoms with E-state index >= 15 is 0 Å². The Hall–Kier alpha value is -1.56. The molecule has 0 bridgehead atoms. The quantitative estimate of drug-likeness (QED) is 0.740. The van der Waals surface area contributed by atoms with Crippen molar-refractivity contribution in [2.24, 2.45) is 5.73 Å². The number of hydrogen-bond donors (Lipinski definition) is 2. The molecule has 1 aromatic rings. The summed E-state index contributed by atoms with van der Waals surface area (Å²) in [6.45, 7) is 2.96. The Morgan fingerprint density at radius 1 is 1.38 bits per heavy atom. The van der Waals surface area contributed by atoms with E-state index in [4.69, 9.17) is 11.5 Å². The van der Waals surface area contributed by atoms with E-state index < -0.39 is 21.0 Å². The van der Waals surface area contributed by atoms with Gasteiger partial charge in [0.1, 0.15) is 5.25 Å². The van der Waals surface area contributed by atoms with Crippen LogP contribution < -0.4 is 11.5 Å². The predicted molar refractivity (Wildman–Crippen MR) is 61.4 cm³/mol. The molecule has 0 saturated carbocycles. The highest BCUT2D eigenvalue weighted by Gasteiger charge is 2.27. The van der Waals surface area contributed by atoms with Crippen molar-refractivity contribution in [3.05, 3.63) is 23.8 Å². The summed E-state index contributed by atoms with van der Waals surface area (Å²) in [5.41, 5.74) is 11.7. The van der Waals surface area contributed by atoms with Gasteiger partial charge < -0.3 is 11.5 Å². The van der Waals surface area contributed by atoms with Crippen LogP contribution in [0.2, 0.25) is 0 Å². The van der Waals surface area contributed by atoms with Crippen LogP contribution in [0.5, 0.6) is 0 Å². The predicted octanol–water partition coefficient (Wildman–Crippen LogP) is 0.225. The molecule has 4 N–H and O–H groups in total. The third-order valence-corrected chi connectivity index (χ3v) is 4.51. The SMILES string of the molecule is Cc1cc(S(=O)(=O)C(C)C(N)=O)ccc1N. The smallest absolute Gasteiger partial charge is 0.235 e. The molecule has 6 heteroatoms. The Morgan fingerprint density at radius 3 is 2.38 bits per heavy atom. The zero-order valence-electron chi connectivity index (χ0n) is 9.10. The van der Waals surface area contributed by atoms with Crippen molar-refractivity contribution in [3.8, 4) is 0 Å². The van der Waals surface area contributed by atoms with Crippen LogP contribution in [0.15, 0.2) is 23.1 Å². The summed E-state index contributed by atoms with van der Waals surface area (Å²) >= 11 is 0. The lowest BCUT2D eigenvalue weighted by Crippen LogP contribution is -2.33. The van der Waals surface area contributed by atoms with Crippen molar-refractivity contribution in [1.29, 1.82) is 0 Å². The van der Waals surface area contributed by atoms with E-state index in [-0.39, 0.29) is 4.90 Å². The first-order valence-corrected chi connectivity index (χ1v) is 6.21. The normalized spacial score (nSPS) is 13.4. The Kier molecular flexibility index (Phi) is 3.23. The number of aryl methyl sites for hydroxylation is 1. The minimum atomic E-state index is -3.71. The average Bonchev–Trinajstić information content (AvgIpc) is 2.20. The number of benzene rings is 1. The molecule has 0 heterocycles. The fourth-order valence-electron chi connectivity index (χ4n) is 1.18. The molecule has 0 aliphatic heterocycles. The first-order chi connectivity index (χ1) is 7.26. The fraction of sp³-hybridized carbons (Fsp3) is 0.300. The molecule has 0 saturated heterocycles. The molecule has 16 heavy (non-hydrogen) atoms. The van der Waals surface area contributed by atoms with Crippen LogP contribution in [-0.4, -0.2) is 19.6 Å². The fourth-order valence-corrected chi connectivity index (χ4v) is 2.50. The molecule has 0 aromatic heterocycles. The largest absolute Gasteiger partial charge is 0.399 e. The van der Waals surface area contributed by atoms with Crippen molar-refractivity contribution >= 4 is 21.4 Å². The summed E-state index contributed by atoms with van der Waals surface area (Å²) in [6.07, 6.45) is 0. The highest BCUT2D eigenvalue weighted by atomic mass is 32.2. The second kappa shape index (κ2) is 4.13. The molecule has 0 radical (unpaired) electrons. The number of sulfone groups is 1. The second-order valence-corrected chi connectivity index (χ2v) is 5.88. The topological polar surface area (TPSA) is 103 Å². The van der Waals surface area contributed by atoms with Gasteiger partial charge in [0.05, 0.1) is 4.90 Å². The van der Waals surface area contributed by atoms with Crippen molar-refractivity contribution in [2.45, 2.75) is 24.0 Å². The van der Waals surface area contributed by atoms with Crippen LogP contribution >= 0.6 is 0 Å². The van der Waals surface area contributed by atoms with E-state index in [1.165, 1.54) is 25.1 Å². The molecule has 0 fully saturated rings. The number of amides is 1. The van der Waals surface area contributed by atoms with E-state index in [1.54, 1.807) is 6.92 Å². The molecule has 1 unspecified atom stereocenters. The maximum Gasteiger partial charge on any atom is 0.235 e. The lowest BCUT2D eigenvalue weighted by atomic mass is 10.2. The monoisotopic (exact) mass is 242 g/mol. The van der Waals surface area contributed by atoms with Crippen LogP contribution in [0.1, 0.15) is 12.5 Å². The lowest BCUT2D eigenvalue weighted by molar-refractivity contribution is -0.117. The minimum Gasteiger partial charge on any atom is -0.399 e. The number of anilines is 1. The van der Waals surface area contributed by atoms with Crippen LogP contribution in [0.3, 0.4) is 0 Å². The minimum absolute atomic E-state index is 0.0606. The number of hydrogen-bond acceptors (Lipinski definition) is 4. The van der Waals surface area contributed by atoms with E-state index in [9.17, 15) is 13.2 Å². The van der Waals surface area contributed by atoms with Gasteiger partial charge in [0.15, 0.2) is 9.84 Å². The van der Waals surface area contributed by atoms with E-state index in [0.717, 1.165) is 0 Å². The summed E-state index contributed by atoms with van der Waals surface area (Å²) in [6, 6.07) is 4.30. The van der Waals surface area contributed by atoms with Gasteiger partial charge in [0, 0.05) is 5.69 Å². The summed E-state index contributed by atoms with van der Waals surface area (Å²) in [7, 11) is -3.71. The van der Waals surface area contributed by atoms with Crippen molar-refractivity contribution < 1.29 is 13.2 Å². The molecule has 1 atom stereocenters. The maximum atomic E-state index is 11.9. The van der Waals surface area contributed by atoms with Crippen molar-refractivity contribution in [2.75, 3.05) is 5.73 Å². The Morgan fingerprint density at radius 2 is 1.94 bits per heavy atom. The van der Waals surface area contributed by atoms with Crippen LogP contribution in [0, 0.1) is 6.92 Å². The van der Waals surface area contributed by atoms with Crippen LogP contribution in [0.25, 0.3) is 0 Å². The average molecular weight is 242 g/mol. The lowest BCUT2D eigenvalue weighted by Gasteiger charge is -2.10. The molecule has 1 aromatic carbocycles. The number of nitrogens with two attached hydrogens (primary N) is 2. The number of primary amides is 1. The van der Waals surface area contributed by atoms with E-state index in [0.29, 0.717) is 11.3 Å². The Labute approximate surface area is 94.4 Å². The summed E-state index contributed by atoms with van der Waals surface area (Å²) in [4.78, 5) is 11.0.